The van der Waals surface area contributed by atoms with E-state index < -0.39 is 25.9 Å². The van der Waals surface area contributed by atoms with Crippen LogP contribution in [0.5, 0.6) is 5.75 Å². The fourth-order valence-corrected chi connectivity index (χ4v) is 4.59. The molecule has 1 amide bonds. The van der Waals surface area contributed by atoms with Crippen molar-refractivity contribution < 1.29 is 33.4 Å². The summed E-state index contributed by atoms with van der Waals surface area (Å²) in [6.45, 7) is 7.51. The summed E-state index contributed by atoms with van der Waals surface area (Å²) in [5.41, 5.74) is 2.63. The Morgan fingerprint density at radius 3 is 2.59 bits per heavy atom. The van der Waals surface area contributed by atoms with Crippen molar-refractivity contribution in [3.05, 3.63) is 58.5 Å². The summed E-state index contributed by atoms with van der Waals surface area (Å²) in [5.74, 6) is -0.250. The summed E-state index contributed by atoms with van der Waals surface area (Å²) in [7, 11) is 0.580. The van der Waals surface area contributed by atoms with Crippen LogP contribution in [0.2, 0.25) is 0 Å². The first-order chi connectivity index (χ1) is 17.4. The number of aromatic nitrogens is 4. The number of benzene rings is 1. The van der Waals surface area contributed by atoms with Crippen LogP contribution in [0.3, 0.4) is 0 Å². The summed E-state index contributed by atoms with van der Waals surface area (Å²) in [6, 6.07) is 6.86. The monoisotopic (exact) mass is 533 g/mol. The highest BCUT2D eigenvalue weighted by atomic mass is 31.2. The highest BCUT2D eigenvalue weighted by Crippen LogP contribution is 2.42. The number of rotatable bonds is 11. The molecule has 0 aliphatic heterocycles. The predicted molar refractivity (Wildman–Crippen MR) is 136 cm³/mol. The quantitative estimate of drug-likeness (QED) is 0.250. The normalized spacial score (nSPS) is 11.6. The largest absolute Gasteiger partial charge is 0.442 e. The van der Waals surface area contributed by atoms with Gasteiger partial charge in [-0.25, -0.2) is 4.68 Å². The van der Waals surface area contributed by atoms with Gasteiger partial charge < -0.3 is 29.1 Å². The van der Waals surface area contributed by atoms with E-state index in [9.17, 15) is 19.4 Å². The second kappa shape index (κ2) is 11.8. The van der Waals surface area contributed by atoms with Crippen molar-refractivity contribution >= 4 is 26.3 Å². The Morgan fingerprint density at radius 2 is 1.92 bits per heavy atom. The third-order valence-corrected chi connectivity index (χ3v) is 6.01. The minimum absolute atomic E-state index is 0.0116. The number of nitrogens with zero attached hydrogens (tertiary/aromatic N) is 4. The first-order valence-electron chi connectivity index (χ1n) is 11.4. The van der Waals surface area contributed by atoms with Crippen molar-refractivity contribution in [3.63, 3.8) is 0 Å². The van der Waals surface area contributed by atoms with Crippen LogP contribution in [0.15, 0.2) is 30.5 Å². The van der Waals surface area contributed by atoms with Gasteiger partial charge in [0.25, 0.3) is 5.91 Å². The van der Waals surface area contributed by atoms with Gasteiger partial charge in [0.1, 0.15) is 17.3 Å². The van der Waals surface area contributed by atoms with Gasteiger partial charge in [-0.05, 0) is 37.1 Å². The number of methoxy groups -OCH3 is 1. The van der Waals surface area contributed by atoms with Gasteiger partial charge in [0.05, 0.1) is 24.9 Å². The van der Waals surface area contributed by atoms with E-state index in [1.54, 1.807) is 32.4 Å². The number of amides is 1. The van der Waals surface area contributed by atoms with Crippen molar-refractivity contribution in [1.29, 1.82) is 0 Å². The average Bonchev–Trinajstić information content (AvgIpc) is 3.36. The van der Waals surface area contributed by atoms with E-state index in [4.69, 9.17) is 14.0 Å². The Bertz CT molecular complexity index is 1270. The smallest absolute Gasteiger partial charge is 0.391 e. The fraction of sp³-hybridized carbons (Fsp3) is 0.417. The molecule has 2 aromatic heterocycles. The van der Waals surface area contributed by atoms with E-state index in [-0.39, 0.29) is 19.8 Å². The number of carbonyl (C=O) groups is 2. The molecule has 0 saturated carbocycles. The molecular formula is C24H32N5O7P. The fourth-order valence-electron chi connectivity index (χ4n) is 4.27. The van der Waals surface area contributed by atoms with Gasteiger partial charge in [0.2, 0.25) is 0 Å². The highest BCUT2D eigenvalue weighted by molar-refractivity contribution is 7.39. The Hall–Kier alpha value is -3.31. The Balaban J connectivity index is 1.67. The standard InChI is InChI=1S/C24H32N5O7P/c1-15-9-16(2)22(19(10-15)36-37(32)33)24(3,4)12-21(30)35-14-29-20(7-8-25-29)26-23(31)18-11-17(13-34-6)27-28(18)5/h7-11,32-33H,12-14H2,1-6H3,(H,26,31). The van der Waals surface area contributed by atoms with E-state index in [1.807, 2.05) is 33.8 Å². The molecule has 200 valence electrons. The lowest BCUT2D eigenvalue weighted by atomic mass is 9.78. The summed E-state index contributed by atoms with van der Waals surface area (Å²) in [5, 5.41) is 11.1. The van der Waals surface area contributed by atoms with Crippen LogP contribution < -0.4 is 9.84 Å². The summed E-state index contributed by atoms with van der Waals surface area (Å²) in [4.78, 5) is 44.4. The molecule has 0 atom stereocenters. The Morgan fingerprint density at radius 1 is 1.19 bits per heavy atom. The van der Waals surface area contributed by atoms with Gasteiger partial charge in [-0.2, -0.15) is 10.2 Å². The molecule has 0 aliphatic carbocycles. The van der Waals surface area contributed by atoms with Crippen molar-refractivity contribution in [1.82, 2.24) is 19.6 Å². The van der Waals surface area contributed by atoms with Crippen LogP contribution in [-0.4, -0.2) is 48.3 Å². The summed E-state index contributed by atoms with van der Waals surface area (Å²) < 4.78 is 18.6. The lowest BCUT2D eigenvalue weighted by molar-refractivity contribution is -0.149. The molecule has 37 heavy (non-hydrogen) atoms. The molecule has 0 spiro atoms. The number of nitrogens with one attached hydrogen (secondary N) is 1. The third kappa shape index (κ3) is 7.14. The van der Waals surface area contributed by atoms with Crippen LogP contribution in [0.1, 0.15) is 53.1 Å². The SMILES string of the molecule is COCc1cc(C(=O)Nc2ccnn2COC(=O)CC(C)(C)c2c(C)cc(C)cc2OP(O)O)n(C)n1. The predicted octanol–water partition coefficient (Wildman–Crippen LogP) is 3.09. The lowest BCUT2D eigenvalue weighted by Crippen LogP contribution is -2.26. The molecule has 13 heteroatoms. The molecule has 3 rings (SSSR count). The molecule has 0 saturated heterocycles. The van der Waals surface area contributed by atoms with Gasteiger partial charge in [0.15, 0.2) is 6.73 Å². The van der Waals surface area contributed by atoms with Crippen molar-refractivity contribution in [2.24, 2.45) is 7.05 Å². The van der Waals surface area contributed by atoms with E-state index in [1.165, 1.54) is 15.6 Å². The average molecular weight is 534 g/mol. The maximum absolute atomic E-state index is 12.8. The lowest BCUT2D eigenvalue weighted by Gasteiger charge is -2.29. The molecule has 3 N–H and O–H groups in total. The van der Waals surface area contributed by atoms with Crippen LogP contribution in [0.25, 0.3) is 0 Å². The summed E-state index contributed by atoms with van der Waals surface area (Å²) in [6.07, 6.45) is 1.47. The number of hydrogen-bond donors (Lipinski definition) is 3. The van der Waals surface area contributed by atoms with E-state index in [0.717, 1.165) is 11.1 Å². The van der Waals surface area contributed by atoms with Gasteiger partial charge in [-0.15, -0.1) is 0 Å². The Labute approximate surface area is 216 Å². The molecule has 1 aromatic carbocycles. The second-order valence-electron chi connectivity index (χ2n) is 9.25. The zero-order valence-corrected chi connectivity index (χ0v) is 22.6. The third-order valence-electron chi connectivity index (χ3n) is 5.65. The maximum atomic E-state index is 12.8. The zero-order valence-electron chi connectivity index (χ0n) is 21.7. The number of carbonyl (C=O) groups excluding carboxylic acids is 2. The molecule has 0 bridgehead atoms. The Kier molecular flexibility index (Phi) is 9.03. The summed E-state index contributed by atoms with van der Waals surface area (Å²) >= 11 is 0. The minimum atomic E-state index is -2.62. The number of hydrogen-bond acceptors (Lipinski definition) is 9. The van der Waals surface area contributed by atoms with E-state index >= 15 is 0 Å². The minimum Gasteiger partial charge on any atom is -0.442 e. The van der Waals surface area contributed by atoms with Gasteiger partial charge in [0, 0.05) is 31.2 Å². The number of aryl methyl sites for hydroxylation is 3. The van der Waals surface area contributed by atoms with Gasteiger partial charge in [-0.1, -0.05) is 19.9 Å². The van der Waals surface area contributed by atoms with E-state index in [0.29, 0.717) is 28.5 Å². The molecule has 0 aliphatic rings. The number of anilines is 1. The van der Waals surface area contributed by atoms with Crippen molar-refractivity contribution in [3.8, 4) is 5.75 Å². The molecule has 0 radical (unpaired) electrons. The van der Waals surface area contributed by atoms with Crippen LogP contribution in [0.4, 0.5) is 5.82 Å². The molecule has 0 fully saturated rings. The van der Waals surface area contributed by atoms with Crippen molar-refractivity contribution in [2.45, 2.75) is 52.9 Å². The maximum Gasteiger partial charge on any atom is 0.391 e. The van der Waals surface area contributed by atoms with Crippen LogP contribution >= 0.6 is 8.60 Å². The zero-order chi connectivity index (χ0) is 27.3. The second-order valence-corrected chi connectivity index (χ2v) is 9.94. The first kappa shape index (κ1) is 28.3. The van der Waals surface area contributed by atoms with Crippen molar-refractivity contribution in [2.75, 3.05) is 12.4 Å². The molecule has 2 heterocycles. The number of ether oxygens (including phenoxy) is 2. The van der Waals surface area contributed by atoms with Gasteiger partial charge in [-0.3, -0.25) is 14.3 Å². The highest BCUT2D eigenvalue weighted by Gasteiger charge is 2.31. The van der Waals surface area contributed by atoms with Gasteiger partial charge >= 0.3 is 14.6 Å². The molecular weight excluding hydrogens is 501 g/mol. The number of esters is 1. The first-order valence-corrected chi connectivity index (χ1v) is 12.6. The van der Waals surface area contributed by atoms with Crippen LogP contribution in [0, 0.1) is 13.8 Å². The molecule has 12 nitrogen and oxygen atoms in total. The van der Waals surface area contributed by atoms with Crippen LogP contribution in [-0.2, 0) is 40.1 Å². The molecule has 3 aromatic rings. The topological polar surface area (TPSA) is 150 Å². The molecule has 0 unspecified atom stereocenters. The van der Waals surface area contributed by atoms with E-state index in [2.05, 4.69) is 15.5 Å².